The molecule has 1 aromatic rings. The third kappa shape index (κ3) is 4.76. The molecule has 0 amide bonds. The highest BCUT2D eigenvalue weighted by molar-refractivity contribution is 5.55. The van der Waals surface area contributed by atoms with Gasteiger partial charge in [-0.2, -0.15) is 0 Å². The summed E-state index contributed by atoms with van der Waals surface area (Å²) in [6, 6.07) is 5.76. The van der Waals surface area contributed by atoms with Gasteiger partial charge in [-0.05, 0) is 31.9 Å². The van der Waals surface area contributed by atoms with Gasteiger partial charge in [0.05, 0.1) is 5.69 Å². The van der Waals surface area contributed by atoms with Crippen LogP contribution in [0.4, 0.5) is 10.1 Å². The van der Waals surface area contributed by atoms with Crippen LogP contribution >= 0.6 is 0 Å². The van der Waals surface area contributed by atoms with Gasteiger partial charge in [0, 0.05) is 31.8 Å². The van der Waals surface area contributed by atoms with E-state index in [4.69, 9.17) is 5.11 Å². The molecule has 0 radical (unpaired) electrons. The van der Waals surface area contributed by atoms with Crippen molar-refractivity contribution in [1.82, 2.24) is 5.32 Å². The van der Waals surface area contributed by atoms with Gasteiger partial charge < -0.3 is 15.3 Å². The summed E-state index contributed by atoms with van der Waals surface area (Å²) < 4.78 is 14.3. The first-order valence-electron chi connectivity index (χ1n) is 7.35. The van der Waals surface area contributed by atoms with E-state index >= 15 is 0 Å². The second-order valence-corrected chi connectivity index (χ2v) is 5.65. The Morgan fingerprint density at radius 2 is 1.95 bits per heavy atom. The van der Waals surface area contributed by atoms with Gasteiger partial charge in [-0.1, -0.05) is 26.0 Å². The maximum atomic E-state index is 14.3. The molecule has 0 atom stereocenters. The minimum atomic E-state index is -0.195. The lowest BCUT2D eigenvalue weighted by Gasteiger charge is -2.31. The van der Waals surface area contributed by atoms with E-state index in [1.54, 1.807) is 6.07 Å². The van der Waals surface area contributed by atoms with E-state index < -0.39 is 0 Å². The number of aliphatic hydroxyl groups excluding tert-OH is 1. The Labute approximate surface area is 121 Å². The normalized spacial score (nSPS) is 11.4. The number of hydrogen-bond acceptors (Lipinski definition) is 3. The third-order valence-corrected chi connectivity index (χ3v) is 3.24. The standard InChI is InChI=1S/C16H27FN2O/c1-12(2)18-11-14-7-5-8-15(17)16(14)19(13(3)4)9-6-10-20/h5,7-8,12-13,18,20H,6,9-11H2,1-4H3. The van der Waals surface area contributed by atoms with E-state index in [-0.39, 0.29) is 18.5 Å². The van der Waals surface area contributed by atoms with Gasteiger partial charge in [-0.15, -0.1) is 0 Å². The summed E-state index contributed by atoms with van der Waals surface area (Å²) in [5.74, 6) is -0.195. The maximum absolute atomic E-state index is 14.3. The number of hydrogen-bond donors (Lipinski definition) is 2. The van der Waals surface area contributed by atoms with Crippen LogP contribution in [0.5, 0.6) is 0 Å². The highest BCUT2D eigenvalue weighted by Crippen LogP contribution is 2.26. The number of benzene rings is 1. The molecule has 0 saturated carbocycles. The van der Waals surface area contributed by atoms with Gasteiger partial charge in [0.15, 0.2) is 0 Å². The first-order valence-corrected chi connectivity index (χ1v) is 7.35. The van der Waals surface area contributed by atoms with E-state index in [1.807, 2.05) is 24.8 Å². The van der Waals surface area contributed by atoms with E-state index in [0.29, 0.717) is 31.2 Å². The summed E-state index contributed by atoms with van der Waals surface area (Å²) in [5.41, 5.74) is 1.62. The molecule has 0 fully saturated rings. The number of nitrogens with one attached hydrogen (secondary N) is 1. The summed E-state index contributed by atoms with van der Waals surface area (Å²) in [6.07, 6.45) is 0.642. The van der Waals surface area contributed by atoms with E-state index in [2.05, 4.69) is 19.2 Å². The number of halogens is 1. The van der Waals surface area contributed by atoms with Gasteiger partial charge in [-0.3, -0.25) is 0 Å². The molecule has 0 aliphatic carbocycles. The Hall–Kier alpha value is -1.13. The zero-order valence-corrected chi connectivity index (χ0v) is 13.0. The fourth-order valence-electron chi connectivity index (χ4n) is 2.21. The number of nitrogens with zero attached hydrogens (tertiary/aromatic N) is 1. The smallest absolute Gasteiger partial charge is 0.146 e. The molecule has 0 saturated heterocycles. The summed E-state index contributed by atoms with van der Waals surface area (Å²) in [5, 5.41) is 12.4. The van der Waals surface area contributed by atoms with E-state index in [9.17, 15) is 4.39 Å². The fraction of sp³-hybridized carbons (Fsp3) is 0.625. The quantitative estimate of drug-likeness (QED) is 0.769. The van der Waals surface area contributed by atoms with Crippen molar-refractivity contribution < 1.29 is 9.50 Å². The van der Waals surface area contributed by atoms with Crippen molar-refractivity contribution in [1.29, 1.82) is 0 Å². The lowest BCUT2D eigenvalue weighted by Crippen LogP contribution is -2.34. The second-order valence-electron chi connectivity index (χ2n) is 5.65. The molecular formula is C16H27FN2O. The van der Waals surface area contributed by atoms with Crippen LogP contribution in [0.2, 0.25) is 0 Å². The highest BCUT2D eigenvalue weighted by Gasteiger charge is 2.18. The minimum absolute atomic E-state index is 0.122. The monoisotopic (exact) mass is 282 g/mol. The molecule has 0 aromatic heterocycles. The Morgan fingerprint density at radius 3 is 2.50 bits per heavy atom. The molecule has 1 aromatic carbocycles. The third-order valence-electron chi connectivity index (χ3n) is 3.24. The van der Waals surface area contributed by atoms with Crippen molar-refractivity contribution in [3.8, 4) is 0 Å². The molecule has 0 bridgehead atoms. The van der Waals surface area contributed by atoms with Crippen LogP contribution in [-0.2, 0) is 6.54 Å². The van der Waals surface area contributed by atoms with Gasteiger partial charge in [0.2, 0.25) is 0 Å². The van der Waals surface area contributed by atoms with Gasteiger partial charge in [-0.25, -0.2) is 4.39 Å². The van der Waals surface area contributed by atoms with E-state index in [1.165, 1.54) is 6.07 Å². The molecule has 0 spiro atoms. The van der Waals surface area contributed by atoms with Crippen LogP contribution in [-0.4, -0.2) is 30.3 Å². The van der Waals surface area contributed by atoms with Crippen molar-refractivity contribution in [3.63, 3.8) is 0 Å². The molecule has 4 heteroatoms. The van der Waals surface area contributed by atoms with Crippen LogP contribution in [0.3, 0.4) is 0 Å². The van der Waals surface area contributed by atoms with Gasteiger partial charge in [0.1, 0.15) is 5.82 Å². The molecule has 3 nitrogen and oxygen atoms in total. The molecule has 0 unspecified atom stereocenters. The number of rotatable bonds is 8. The topological polar surface area (TPSA) is 35.5 Å². The molecule has 0 aliphatic rings. The molecule has 1 rings (SSSR count). The van der Waals surface area contributed by atoms with Crippen molar-refractivity contribution in [2.75, 3.05) is 18.1 Å². The molecule has 114 valence electrons. The van der Waals surface area contributed by atoms with Crippen LogP contribution in [0.1, 0.15) is 39.7 Å². The van der Waals surface area contributed by atoms with Crippen LogP contribution in [0.15, 0.2) is 18.2 Å². The lowest BCUT2D eigenvalue weighted by atomic mass is 10.1. The first-order chi connectivity index (χ1) is 9.47. The molecule has 2 N–H and O–H groups in total. The average molecular weight is 282 g/mol. The van der Waals surface area contributed by atoms with E-state index in [0.717, 1.165) is 5.56 Å². The largest absolute Gasteiger partial charge is 0.396 e. The minimum Gasteiger partial charge on any atom is -0.396 e. The van der Waals surface area contributed by atoms with Gasteiger partial charge in [0.25, 0.3) is 0 Å². The number of anilines is 1. The molecule has 0 aliphatic heterocycles. The molecule has 0 heterocycles. The predicted molar refractivity (Wildman–Crippen MR) is 82.6 cm³/mol. The Balaban J connectivity index is 3.04. The molecular weight excluding hydrogens is 255 g/mol. The van der Waals surface area contributed by atoms with Crippen molar-refractivity contribution in [2.24, 2.45) is 0 Å². The van der Waals surface area contributed by atoms with Crippen LogP contribution in [0, 0.1) is 5.82 Å². The average Bonchev–Trinajstić information content (AvgIpc) is 2.38. The van der Waals surface area contributed by atoms with Gasteiger partial charge >= 0.3 is 0 Å². The maximum Gasteiger partial charge on any atom is 0.146 e. The predicted octanol–water partition coefficient (Wildman–Crippen LogP) is 2.92. The second kappa shape index (κ2) is 8.22. The summed E-state index contributed by atoms with van der Waals surface area (Å²) >= 11 is 0. The SMILES string of the molecule is CC(C)NCc1cccc(F)c1N(CCCO)C(C)C. The zero-order chi connectivity index (χ0) is 15.1. The highest BCUT2D eigenvalue weighted by atomic mass is 19.1. The molecule has 20 heavy (non-hydrogen) atoms. The van der Waals surface area contributed by atoms with Crippen molar-refractivity contribution in [3.05, 3.63) is 29.6 Å². The lowest BCUT2D eigenvalue weighted by molar-refractivity contribution is 0.288. The fourth-order valence-corrected chi connectivity index (χ4v) is 2.21. The summed E-state index contributed by atoms with van der Waals surface area (Å²) in [4.78, 5) is 2.03. The Bertz CT molecular complexity index is 407. The summed E-state index contributed by atoms with van der Waals surface area (Å²) in [7, 11) is 0. The van der Waals surface area contributed by atoms with Crippen LogP contribution < -0.4 is 10.2 Å². The number of aliphatic hydroxyl groups is 1. The Morgan fingerprint density at radius 1 is 1.25 bits per heavy atom. The zero-order valence-electron chi connectivity index (χ0n) is 13.0. The Kier molecular flexibility index (Phi) is 6.96. The first kappa shape index (κ1) is 16.9. The van der Waals surface area contributed by atoms with Crippen LogP contribution in [0.25, 0.3) is 0 Å². The summed E-state index contributed by atoms with van der Waals surface area (Å²) in [6.45, 7) is 9.66. The number of para-hydroxylation sites is 1. The van der Waals surface area contributed by atoms with Crippen molar-refractivity contribution >= 4 is 5.69 Å². The van der Waals surface area contributed by atoms with Crippen molar-refractivity contribution in [2.45, 2.75) is 52.7 Å².